The van der Waals surface area contributed by atoms with Crippen LogP contribution in [-0.2, 0) is 11.3 Å². The van der Waals surface area contributed by atoms with Crippen molar-refractivity contribution in [2.24, 2.45) is 5.73 Å². The van der Waals surface area contributed by atoms with E-state index in [-0.39, 0.29) is 5.69 Å². The smallest absolute Gasteiger partial charge is 0.326 e. The fourth-order valence-electron chi connectivity index (χ4n) is 1.53. The van der Waals surface area contributed by atoms with Crippen LogP contribution in [0.25, 0.3) is 0 Å². The van der Waals surface area contributed by atoms with Crippen LogP contribution in [0.3, 0.4) is 0 Å². The Balaban J connectivity index is 2.64. The number of carbonyl (C=O) groups excluding carboxylic acids is 1. The molecule has 18 heavy (non-hydrogen) atoms. The van der Waals surface area contributed by atoms with Crippen LogP contribution in [0.2, 0.25) is 0 Å². The number of aromatic nitrogens is 2. The maximum Gasteiger partial charge on any atom is 0.326 e. The lowest BCUT2D eigenvalue weighted by Gasteiger charge is -2.12. The Morgan fingerprint density at radius 2 is 2.33 bits per heavy atom. The van der Waals surface area contributed by atoms with E-state index in [0.29, 0.717) is 25.9 Å². The predicted octanol–water partition coefficient (Wildman–Crippen LogP) is -0.175. The molecule has 100 valence electrons. The fraction of sp³-hybridized carbons (Fsp3) is 0.545. The molecule has 0 bridgehead atoms. The van der Waals surface area contributed by atoms with Gasteiger partial charge >= 0.3 is 5.97 Å². The number of hydrogen-bond acceptors (Lipinski definition) is 4. The van der Waals surface area contributed by atoms with E-state index in [1.165, 1.54) is 6.33 Å². The lowest BCUT2D eigenvalue weighted by atomic mass is 10.1. The lowest BCUT2D eigenvalue weighted by molar-refractivity contribution is -0.139. The summed E-state index contributed by atoms with van der Waals surface area (Å²) in [5, 5.41) is 11.4. The summed E-state index contributed by atoms with van der Waals surface area (Å²) in [6.07, 6.45) is 4.12. The quantitative estimate of drug-likeness (QED) is 0.625. The highest BCUT2D eigenvalue weighted by Gasteiger charge is 2.20. The van der Waals surface area contributed by atoms with Gasteiger partial charge in [-0.15, -0.1) is 0 Å². The number of carbonyl (C=O) groups is 2. The number of carboxylic acids is 1. The van der Waals surface area contributed by atoms with Crippen LogP contribution in [0.15, 0.2) is 12.5 Å². The van der Waals surface area contributed by atoms with Crippen LogP contribution in [0, 0.1) is 0 Å². The maximum atomic E-state index is 11.8. The molecule has 0 aliphatic carbocycles. The Labute approximate surface area is 105 Å². The SMILES string of the molecule is CCCC(NC(=O)c1cn(CCN)cn1)C(=O)O. The van der Waals surface area contributed by atoms with Crippen molar-refractivity contribution >= 4 is 11.9 Å². The van der Waals surface area contributed by atoms with Crippen molar-refractivity contribution in [2.75, 3.05) is 6.54 Å². The second kappa shape index (κ2) is 6.75. The van der Waals surface area contributed by atoms with Gasteiger partial charge in [-0.05, 0) is 6.42 Å². The number of aliphatic carboxylic acids is 1. The first-order chi connectivity index (χ1) is 8.58. The third-order valence-corrected chi connectivity index (χ3v) is 2.43. The van der Waals surface area contributed by atoms with Crippen molar-refractivity contribution in [1.82, 2.24) is 14.9 Å². The van der Waals surface area contributed by atoms with E-state index in [1.807, 2.05) is 6.92 Å². The van der Waals surface area contributed by atoms with Gasteiger partial charge in [0.1, 0.15) is 11.7 Å². The molecule has 7 nitrogen and oxygen atoms in total. The lowest BCUT2D eigenvalue weighted by Crippen LogP contribution is -2.40. The minimum Gasteiger partial charge on any atom is -0.480 e. The molecular weight excluding hydrogens is 236 g/mol. The van der Waals surface area contributed by atoms with Gasteiger partial charge in [0, 0.05) is 19.3 Å². The highest BCUT2D eigenvalue weighted by molar-refractivity contribution is 5.94. The summed E-state index contributed by atoms with van der Waals surface area (Å²) in [4.78, 5) is 26.6. The average Bonchev–Trinajstić information content (AvgIpc) is 2.77. The monoisotopic (exact) mass is 254 g/mol. The standard InChI is InChI=1S/C11H18N4O3/c1-2-3-8(11(17)18)14-10(16)9-6-15(5-4-12)7-13-9/h6-8H,2-5,12H2,1H3,(H,14,16)(H,17,18). The van der Waals surface area contributed by atoms with E-state index in [1.54, 1.807) is 10.8 Å². The van der Waals surface area contributed by atoms with Crippen molar-refractivity contribution in [1.29, 1.82) is 0 Å². The molecule has 0 aliphatic rings. The predicted molar refractivity (Wildman–Crippen MR) is 65.1 cm³/mol. The number of nitrogens with two attached hydrogens (primary N) is 1. The minimum absolute atomic E-state index is 0.200. The van der Waals surface area contributed by atoms with Crippen LogP contribution in [0.4, 0.5) is 0 Å². The summed E-state index contributed by atoms with van der Waals surface area (Å²) in [7, 11) is 0. The van der Waals surface area contributed by atoms with Crippen LogP contribution < -0.4 is 11.1 Å². The molecule has 0 fully saturated rings. The summed E-state index contributed by atoms with van der Waals surface area (Å²) in [6.45, 7) is 2.88. The van der Waals surface area contributed by atoms with E-state index in [9.17, 15) is 9.59 Å². The summed E-state index contributed by atoms with van der Waals surface area (Å²) in [5.74, 6) is -1.52. The fourth-order valence-corrected chi connectivity index (χ4v) is 1.53. The topological polar surface area (TPSA) is 110 Å². The molecule has 0 aliphatic heterocycles. The van der Waals surface area contributed by atoms with Crippen molar-refractivity contribution in [2.45, 2.75) is 32.4 Å². The zero-order valence-corrected chi connectivity index (χ0v) is 10.3. The number of nitrogens with one attached hydrogen (secondary N) is 1. The van der Waals surface area contributed by atoms with Crippen molar-refractivity contribution in [3.8, 4) is 0 Å². The minimum atomic E-state index is -1.04. The third kappa shape index (κ3) is 3.85. The Bertz CT molecular complexity index is 416. The largest absolute Gasteiger partial charge is 0.480 e. The molecule has 0 saturated carbocycles. The van der Waals surface area contributed by atoms with E-state index in [2.05, 4.69) is 10.3 Å². The van der Waals surface area contributed by atoms with Gasteiger partial charge in [-0.25, -0.2) is 9.78 Å². The van der Waals surface area contributed by atoms with Crippen molar-refractivity contribution in [3.05, 3.63) is 18.2 Å². The summed E-state index contributed by atoms with van der Waals surface area (Å²) < 4.78 is 1.69. The molecule has 1 atom stereocenters. The zero-order valence-electron chi connectivity index (χ0n) is 10.3. The van der Waals surface area contributed by atoms with Gasteiger partial charge in [-0.2, -0.15) is 0 Å². The molecule has 1 aromatic rings. The highest BCUT2D eigenvalue weighted by Crippen LogP contribution is 2.01. The van der Waals surface area contributed by atoms with Crippen LogP contribution in [0.5, 0.6) is 0 Å². The normalized spacial score (nSPS) is 12.1. The summed E-state index contributed by atoms with van der Waals surface area (Å²) >= 11 is 0. The van der Waals surface area contributed by atoms with E-state index in [4.69, 9.17) is 10.8 Å². The van der Waals surface area contributed by atoms with Gasteiger partial charge in [0.2, 0.25) is 0 Å². The summed E-state index contributed by atoms with van der Waals surface area (Å²) in [6, 6.07) is -0.873. The van der Waals surface area contributed by atoms with E-state index < -0.39 is 17.9 Å². The molecule has 0 aromatic carbocycles. The second-order valence-electron chi connectivity index (χ2n) is 3.94. The molecule has 1 aromatic heterocycles. The molecule has 1 unspecified atom stereocenters. The molecule has 1 amide bonds. The molecule has 0 saturated heterocycles. The van der Waals surface area contributed by atoms with E-state index >= 15 is 0 Å². The summed E-state index contributed by atoms with van der Waals surface area (Å²) in [5.41, 5.74) is 5.58. The number of amides is 1. The number of hydrogen-bond donors (Lipinski definition) is 3. The van der Waals surface area contributed by atoms with Crippen molar-refractivity contribution < 1.29 is 14.7 Å². The van der Waals surface area contributed by atoms with Gasteiger partial charge < -0.3 is 20.7 Å². The zero-order chi connectivity index (χ0) is 13.5. The van der Waals surface area contributed by atoms with Crippen LogP contribution in [-0.4, -0.2) is 39.1 Å². The first kappa shape index (κ1) is 14.2. The Hall–Kier alpha value is -1.89. The first-order valence-corrected chi connectivity index (χ1v) is 5.84. The van der Waals surface area contributed by atoms with Gasteiger partial charge in [0.15, 0.2) is 0 Å². The Morgan fingerprint density at radius 1 is 1.61 bits per heavy atom. The van der Waals surface area contributed by atoms with Gasteiger partial charge in [0.05, 0.1) is 6.33 Å². The average molecular weight is 254 g/mol. The molecule has 0 radical (unpaired) electrons. The Morgan fingerprint density at radius 3 is 2.89 bits per heavy atom. The molecular formula is C11H18N4O3. The van der Waals surface area contributed by atoms with Crippen LogP contribution >= 0.6 is 0 Å². The van der Waals surface area contributed by atoms with E-state index in [0.717, 1.165) is 0 Å². The van der Waals surface area contributed by atoms with Crippen LogP contribution in [0.1, 0.15) is 30.3 Å². The number of carboxylic acid groups (broad SMARTS) is 1. The third-order valence-electron chi connectivity index (χ3n) is 2.43. The molecule has 1 rings (SSSR count). The second-order valence-corrected chi connectivity index (χ2v) is 3.94. The Kier molecular flexibility index (Phi) is 5.31. The molecule has 1 heterocycles. The first-order valence-electron chi connectivity index (χ1n) is 5.84. The van der Waals surface area contributed by atoms with Gasteiger partial charge in [0.25, 0.3) is 5.91 Å². The highest BCUT2D eigenvalue weighted by atomic mass is 16.4. The molecule has 7 heteroatoms. The maximum absolute atomic E-state index is 11.8. The van der Waals surface area contributed by atoms with Crippen molar-refractivity contribution in [3.63, 3.8) is 0 Å². The molecule has 0 spiro atoms. The number of rotatable bonds is 7. The van der Waals surface area contributed by atoms with Gasteiger partial charge in [-0.3, -0.25) is 4.79 Å². The van der Waals surface area contributed by atoms with Gasteiger partial charge in [-0.1, -0.05) is 13.3 Å². The molecule has 4 N–H and O–H groups in total. The number of imidazole rings is 1. The number of nitrogens with zero attached hydrogens (tertiary/aromatic N) is 2.